The topological polar surface area (TPSA) is 132 Å². The van der Waals surface area contributed by atoms with Crippen molar-refractivity contribution in [3.05, 3.63) is 36.5 Å². The van der Waals surface area contributed by atoms with Crippen LogP contribution >= 0.6 is 7.82 Å². The van der Waals surface area contributed by atoms with Gasteiger partial charge in [-0.2, -0.15) is 0 Å². The van der Waals surface area contributed by atoms with Gasteiger partial charge in [-0.05, 0) is 57.3 Å². The Morgan fingerprint density at radius 1 is 0.750 bits per heavy atom. The molecule has 1 fully saturated rings. The van der Waals surface area contributed by atoms with Crippen LogP contribution in [-0.4, -0.2) is 53.3 Å². The monoisotopic (exact) mass is 698 g/mol. The molecule has 0 bridgehead atoms. The van der Waals surface area contributed by atoms with Crippen LogP contribution in [0.1, 0.15) is 156 Å². The van der Waals surface area contributed by atoms with Crippen molar-refractivity contribution in [3.63, 3.8) is 0 Å². The van der Waals surface area contributed by atoms with Gasteiger partial charge in [0, 0.05) is 12.8 Å². The summed E-state index contributed by atoms with van der Waals surface area (Å²) in [5, 5.41) is 0. The van der Waals surface area contributed by atoms with Gasteiger partial charge in [-0.3, -0.25) is 14.1 Å². The number of epoxide rings is 1. The third-order valence-electron chi connectivity index (χ3n) is 8.63. The molecule has 0 aromatic carbocycles. The summed E-state index contributed by atoms with van der Waals surface area (Å²) in [6, 6.07) is 0. The standard InChI is InChI=1S/C38H67O9P/c1-4-6-7-8-9-10-11-12-13-17-20-23-27-35-36(47-35)28-25-30-38(40)46-34(32-45-48(41,42)43)31-44-37(39)29-24-21-18-15-14-16-19-22-26-33(3)5-2/h9-10,12-13,20,23,33-36H,4-8,11,14-19,21-22,24-32H2,1-3H3,(H2,41,42,43)/b10-9-,13-12-,23-20-/t33?,34-,35?,36?/m1/s1. The molecule has 0 aliphatic carbocycles. The number of carbonyl (C=O) groups excluding carboxylic acids is 2. The van der Waals surface area contributed by atoms with Gasteiger partial charge in [-0.25, -0.2) is 4.57 Å². The maximum atomic E-state index is 12.4. The molecule has 1 aliphatic heterocycles. The first kappa shape index (κ1) is 44.3. The van der Waals surface area contributed by atoms with Crippen molar-refractivity contribution in [2.24, 2.45) is 5.92 Å². The van der Waals surface area contributed by atoms with Crippen molar-refractivity contribution in [1.82, 2.24) is 0 Å². The molecule has 0 aromatic rings. The number of phosphoric acid groups is 1. The highest BCUT2D eigenvalue weighted by molar-refractivity contribution is 7.46. The Kier molecular flexibility index (Phi) is 26.7. The van der Waals surface area contributed by atoms with Gasteiger partial charge in [-0.1, -0.05) is 128 Å². The van der Waals surface area contributed by atoms with E-state index >= 15 is 0 Å². The summed E-state index contributed by atoms with van der Waals surface area (Å²) in [4.78, 5) is 42.8. The molecule has 48 heavy (non-hydrogen) atoms. The quantitative estimate of drug-likeness (QED) is 0.0232. The number of hydrogen-bond acceptors (Lipinski definition) is 7. The third-order valence-corrected chi connectivity index (χ3v) is 9.11. The Balaban J connectivity index is 2.17. The number of hydrogen-bond donors (Lipinski definition) is 2. The largest absolute Gasteiger partial charge is 0.469 e. The smallest absolute Gasteiger partial charge is 0.462 e. The van der Waals surface area contributed by atoms with E-state index in [-0.39, 0.29) is 31.7 Å². The molecule has 10 heteroatoms. The SMILES string of the molecule is CCCCC/C=C\C/C=C\C/C=C\CC1OC1CCCC(=O)O[C@H](COC(=O)CCCCCCCCCCC(C)CC)COP(=O)(O)O. The van der Waals surface area contributed by atoms with E-state index in [0.717, 1.165) is 57.3 Å². The normalized spacial score (nSPS) is 17.8. The van der Waals surface area contributed by atoms with Gasteiger partial charge in [0.25, 0.3) is 0 Å². The van der Waals surface area contributed by atoms with E-state index in [9.17, 15) is 14.2 Å². The number of carbonyl (C=O) groups is 2. The number of unbranched alkanes of at least 4 members (excludes halogenated alkanes) is 10. The van der Waals surface area contributed by atoms with Crippen LogP contribution in [0, 0.1) is 5.92 Å². The highest BCUT2D eigenvalue weighted by atomic mass is 31.2. The highest BCUT2D eigenvalue weighted by Crippen LogP contribution is 2.36. The van der Waals surface area contributed by atoms with E-state index in [1.807, 2.05) is 0 Å². The summed E-state index contributed by atoms with van der Waals surface area (Å²) in [5.41, 5.74) is 0. The summed E-state index contributed by atoms with van der Waals surface area (Å²) in [6.45, 7) is 5.89. The zero-order chi connectivity index (χ0) is 35.3. The van der Waals surface area contributed by atoms with Crippen LogP contribution in [0.25, 0.3) is 0 Å². The Morgan fingerprint density at radius 2 is 1.38 bits per heavy atom. The molecule has 3 unspecified atom stereocenters. The van der Waals surface area contributed by atoms with Gasteiger partial charge in [0.05, 0.1) is 18.8 Å². The Morgan fingerprint density at radius 3 is 2.04 bits per heavy atom. The molecule has 2 N–H and O–H groups in total. The van der Waals surface area contributed by atoms with Crippen molar-refractivity contribution >= 4 is 19.8 Å². The van der Waals surface area contributed by atoms with Crippen LogP contribution in [0.3, 0.4) is 0 Å². The van der Waals surface area contributed by atoms with Crippen LogP contribution in [0.2, 0.25) is 0 Å². The maximum absolute atomic E-state index is 12.4. The van der Waals surface area contributed by atoms with Crippen LogP contribution < -0.4 is 0 Å². The lowest BCUT2D eigenvalue weighted by molar-refractivity contribution is -0.161. The van der Waals surface area contributed by atoms with Crippen molar-refractivity contribution < 1.29 is 42.7 Å². The molecule has 1 heterocycles. The molecule has 1 aliphatic rings. The fourth-order valence-corrected chi connectivity index (χ4v) is 5.68. The number of allylic oxidation sites excluding steroid dienone is 5. The first-order valence-electron chi connectivity index (χ1n) is 18.8. The Labute approximate surface area is 291 Å². The van der Waals surface area contributed by atoms with Gasteiger partial charge in [0.15, 0.2) is 6.10 Å². The molecule has 0 saturated carbocycles. The van der Waals surface area contributed by atoms with E-state index in [4.69, 9.17) is 24.0 Å². The first-order valence-corrected chi connectivity index (χ1v) is 20.3. The summed E-state index contributed by atoms with van der Waals surface area (Å²) in [6.07, 6.45) is 33.2. The fraction of sp³-hybridized carbons (Fsp3) is 0.789. The molecule has 0 spiro atoms. The average molecular weight is 699 g/mol. The molecule has 278 valence electrons. The number of phosphoric ester groups is 1. The fourth-order valence-electron chi connectivity index (χ4n) is 5.32. The third kappa shape index (κ3) is 28.1. The molecule has 9 nitrogen and oxygen atoms in total. The molecular weight excluding hydrogens is 631 g/mol. The summed E-state index contributed by atoms with van der Waals surface area (Å²) >= 11 is 0. The van der Waals surface area contributed by atoms with Gasteiger partial charge in [0.2, 0.25) is 0 Å². The lowest BCUT2D eigenvalue weighted by Gasteiger charge is -2.18. The van der Waals surface area contributed by atoms with Crippen molar-refractivity contribution in [2.75, 3.05) is 13.2 Å². The maximum Gasteiger partial charge on any atom is 0.469 e. The predicted octanol–water partition coefficient (Wildman–Crippen LogP) is 9.85. The van der Waals surface area contributed by atoms with Crippen LogP contribution in [0.5, 0.6) is 0 Å². The molecule has 1 saturated heterocycles. The van der Waals surface area contributed by atoms with Crippen LogP contribution in [0.15, 0.2) is 36.5 Å². The van der Waals surface area contributed by atoms with Gasteiger partial charge in [-0.15, -0.1) is 0 Å². The van der Waals surface area contributed by atoms with Crippen molar-refractivity contribution in [2.45, 2.75) is 174 Å². The zero-order valence-corrected chi connectivity index (χ0v) is 31.1. The lowest BCUT2D eigenvalue weighted by atomic mass is 9.99. The van der Waals surface area contributed by atoms with E-state index in [2.05, 4.69) is 61.8 Å². The van der Waals surface area contributed by atoms with Crippen LogP contribution in [0.4, 0.5) is 0 Å². The number of ether oxygens (including phenoxy) is 3. The van der Waals surface area contributed by atoms with Crippen molar-refractivity contribution in [1.29, 1.82) is 0 Å². The minimum Gasteiger partial charge on any atom is -0.462 e. The molecule has 1 rings (SSSR count). The zero-order valence-electron chi connectivity index (χ0n) is 30.2. The molecule has 0 radical (unpaired) electrons. The van der Waals surface area contributed by atoms with Gasteiger partial charge >= 0.3 is 19.8 Å². The molecular formula is C38H67O9P. The molecule has 0 aromatic heterocycles. The summed E-state index contributed by atoms with van der Waals surface area (Å²) in [5.74, 6) is -0.143. The second-order valence-electron chi connectivity index (χ2n) is 13.2. The number of rotatable bonds is 32. The number of esters is 2. The minimum absolute atomic E-state index is 0.116. The van der Waals surface area contributed by atoms with Crippen LogP contribution in [-0.2, 0) is 32.9 Å². The van der Waals surface area contributed by atoms with E-state index in [1.165, 1.54) is 57.8 Å². The van der Waals surface area contributed by atoms with Crippen molar-refractivity contribution in [3.8, 4) is 0 Å². The average Bonchev–Trinajstić information content (AvgIpc) is 3.80. The minimum atomic E-state index is -4.77. The van der Waals surface area contributed by atoms with E-state index in [0.29, 0.717) is 12.8 Å². The van der Waals surface area contributed by atoms with Gasteiger partial charge in [0.1, 0.15) is 6.61 Å². The highest BCUT2D eigenvalue weighted by Gasteiger charge is 2.36. The molecule has 4 atom stereocenters. The summed E-state index contributed by atoms with van der Waals surface area (Å²) in [7, 11) is -4.77. The molecule has 0 amide bonds. The first-order chi connectivity index (χ1) is 23.1. The summed E-state index contributed by atoms with van der Waals surface area (Å²) < 4.78 is 32.0. The van der Waals surface area contributed by atoms with E-state index in [1.54, 1.807) is 0 Å². The Bertz CT molecular complexity index is 958. The second kappa shape index (κ2) is 29.0. The van der Waals surface area contributed by atoms with E-state index < -0.39 is 32.5 Å². The predicted molar refractivity (Wildman–Crippen MR) is 192 cm³/mol. The second-order valence-corrected chi connectivity index (χ2v) is 14.4. The van der Waals surface area contributed by atoms with Gasteiger partial charge < -0.3 is 24.0 Å². The Hall–Kier alpha value is -1.77. The lowest BCUT2D eigenvalue weighted by Crippen LogP contribution is -2.29.